The Hall–Kier alpha value is -2.11. The maximum atomic E-state index is 11.8. The molecule has 1 heterocycles. The third-order valence-corrected chi connectivity index (χ3v) is 2.92. The molecule has 0 radical (unpaired) electrons. The third-order valence-electron chi connectivity index (χ3n) is 2.48. The van der Waals surface area contributed by atoms with E-state index in [0.29, 0.717) is 21.6 Å². The first-order valence-corrected chi connectivity index (χ1v) is 6.71. The molecule has 0 aliphatic heterocycles. The first-order valence-electron chi connectivity index (χ1n) is 5.95. The van der Waals surface area contributed by atoms with E-state index >= 15 is 0 Å². The molecule has 0 unspecified atom stereocenters. The van der Waals surface area contributed by atoms with Gasteiger partial charge in [-0.2, -0.15) is 0 Å². The molecule has 0 aliphatic rings. The van der Waals surface area contributed by atoms with Crippen LogP contribution in [0.5, 0.6) is 0 Å². The van der Waals surface area contributed by atoms with Gasteiger partial charge in [-0.25, -0.2) is 4.98 Å². The van der Waals surface area contributed by atoms with Crippen molar-refractivity contribution in [1.82, 2.24) is 4.98 Å². The number of pyridine rings is 1. The Morgan fingerprint density at radius 2 is 1.62 bits per heavy atom. The molecule has 1 aromatic heterocycles. The molecule has 21 heavy (non-hydrogen) atoms. The van der Waals surface area contributed by atoms with Gasteiger partial charge in [0.2, 0.25) is 0 Å². The van der Waals surface area contributed by atoms with E-state index in [2.05, 4.69) is 15.6 Å². The highest BCUT2D eigenvalue weighted by molar-refractivity contribution is 6.44. The van der Waals surface area contributed by atoms with Crippen molar-refractivity contribution in [2.45, 2.75) is 6.92 Å². The van der Waals surface area contributed by atoms with Crippen molar-refractivity contribution in [3.8, 4) is 0 Å². The molecule has 0 bridgehead atoms. The number of nitrogens with one attached hydrogen (secondary N) is 2. The highest BCUT2D eigenvalue weighted by atomic mass is 35.5. The number of hydrogen-bond acceptors (Lipinski definition) is 3. The summed E-state index contributed by atoms with van der Waals surface area (Å²) in [5, 5.41) is 5.52. The van der Waals surface area contributed by atoms with Crippen LogP contribution in [0.2, 0.25) is 10.0 Å². The van der Waals surface area contributed by atoms with Crippen molar-refractivity contribution < 1.29 is 9.59 Å². The summed E-state index contributed by atoms with van der Waals surface area (Å²) in [6.45, 7) is 1.87. The summed E-state index contributed by atoms with van der Waals surface area (Å²) in [6, 6.07) is 7.88. The standard InChI is InChI=1S/C14H11Cl2N3O2/c1-8-2-3-12(17-7-8)19-14(21)13(20)18-11-5-9(15)4-10(16)6-11/h2-7H,1H3,(H,18,20)(H,17,19,21). The van der Waals surface area contributed by atoms with Crippen LogP contribution in [-0.4, -0.2) is 16.8 Å². The summed E-state index contributed by atoms with van der Waals surface area (Å²) < 4.78 is 0. The SMILES string of the molecule is Cc1ccc(NC(=O)C(=O)Nc2cc(Cl)cc(Cl)c2)nc1. The molecule has 2 N–H and O–H groups in total. The fourth-order valence-electron chi connectivity index (χ4n) is 1.53. The molecule has 0 saturated carbocycles. The van der Waals surface area contributed by atoms with E-state index in [1.54, 1.807) is 18.3 Å². The maximum absolute atomic E-state index is 11.8. The van der Waals surface area contributed by atoms with Gasteiger partial charge in [-0.1, -0.05) is 29.3 Å². The van der Waals surface area contributed by atoms with Gasteiger partial charge in [0.15, 0.2) is 0 Å². The monoisotopic (exact) mass is 323 g/mol. The fraction of sp³-hybridized carbons (Fsp3) is 0.0714. The van der Waals surface area contributed by atoms with Gasteiger partial charge in [-0.3, -0.25) is 9.59 Å². The molecular weight excluding hydrogens is 313 g/mol. The highest BCUT2D eigenvalue weighted by Crippen LogP contribution is 2.22. The van der Waals surface area contributed by atoms with E-state index in [0.717, 1.165) is 5.56 Å². The predicted molar refractivity (Wildman–Crippen MR) is 82.7 cm³/mol. The smallest absolute Gasteiger partial charge is 0.315 e. The summed E-state index contributed by atoms with van der Waals surface area (Å²) in [6.07, 6.45) is 1.59. The van der Waals surface area contributed by atoms with Crippen molar-refractivity contribution in [2.75, 3.05) is 10.6 Å². The lowest BCUT2D eigenvalue weighted by Gasteiger charge is -2.07. The number of aryl methyl sites for hydroxylation is 1. The van der Waals surface area contributed by atoms with Crippen molar-refractivity contribution in [3.63, 3.8) is 0 Å². The molecule has 2 rings (SSSR count). The van der Waals surface area contributed by atoms with Crippen LogP contribution in [-0.2, 0) is 9.59 Å². The molecule has 0 saturated heterocycles. The van der Waals surface area contributed by atoms with Crippen molar-refractivity contribution in [3.05, 3.63) is 52.1 Å². The third kappa shape index (κ3) is 4.44. The Kier molecular flexibility index (Phi) is 4.77. The number of nitrogens with zero attached hydrogens (tertiary/aromatic N) is 1. The van der Waals surface area contributed by atoms with Crippen LogP contribution in [0.25, 0.3) is 0 Å². The second kappa shape index (κ2) is 6.56. The average molecular weight is 324 g/mol. The lowest BCUT2D eigenvalue weighted by atomic mass is 10.3. The van der Waals surface area contributed by atoms with Crippen molar-refractivity contribution in [1.29, 1.82) is 0 Å². The summed E-state index contributed by atoms with van der Waals surface area (Å²) in [4.78, 5) is 27.5. The van der Waals surface area contributed by atoms with Gasteiger partial charge in [0.1, 0.15) is 5.82 Å². The van der Waals surface area contributed by atoms with Gasteiger partial charge in [-0.15, -0.1) is 0 Å². The van der Waals surface area contributed by atoms with Gasteiger partial charge in [0.25, 0.3) is 0 Å². The molecule has 2 aromatic rings. The number of carbonyl (C=O) groups is 2. The minimum Gasteiger partial charge on any atom is -0.318 e. The first kappa shape index (κ1) is 15.3. The first-order chi connectivity index (χ1) is 9.94. The Labute approximate surface area is 131 Å². The van der Waals surface area contributed by atoms with Crippen LogP contribution < -0.4 is 10.6 Å². The second-order valence-electron chi connectivity index (χ2n) is 4.29. The van der Waals surface area contributed by atoms with Crippen LogP contribution in [0.3, 0.4) is 0 Å². The highest BCUT2D eigenvalue weighted by Gasteiger charge is 2.15. The number of benzene rings is 1. The lowest BCUT2D eigenvalue weighted by molar-refractivity contribution is -0.133. The van der Waals surface area contributed by atoms with E-state index in [1.165, 1.54) is 18.2 Å². The molecule has 5 nitrogen and oxygen atoms in total. The minimum absolute atomic E-state index is 0.296. The second-order valence-corrected chi connectivity index (χ2v) is 5.16. The minimum atomic E-state index is -0.837. The molecule has 0 aliphatic carbocycles. The predicted octanol–water partition coefficient (Wildman–Crippen LogP) is 3.27. The molecule has 0 spiro atoms. The molecule has 7 heteroatoms. The van der Waals surface area contributed by atoms with Gasteiger partial charge >= 0.3 is 11.8 Å². The summed E-state index contributed by atoms with van der Waals surface area (Å²) >= 11 is 11.6. The summed E-state index contributed by atoms with van der Waals surface area (Å²) in [5.41, 5.74) is 1.29. The normalized spacial score (nSPS) is 10.0. The van der Waals surface area contributed by atoms with E-state index < -0.39 is 11.8 Å². The van der Waals surface area contributed by atoms with Gasteiger partial charge in [0, 0.05) is 21.9 Å². The van der Waals surface area contributed by atoms with Crippen LogP contribution in [0.15, 0.2) is 36.5 Å². The zero-order chi connectivity index (χ0) is 15.4. The molecule has 1 aromatic carbocycles. The van der Waals surface area contributed by atoms with E-state index in [4.69, 9.17) is 23.2 Å². The van der Waals surface area contributed by atoms with Crippen LogP contribution >= 0.6 is 23.2 Å². The fourth-order valence-corrected chi connectivity index (χ4v) is 2.05. The summed E-state index contributed by atoms with van der Waals surface area (Å²) in [7, 11) is 0. The summed E-state index contributed by atoms with van der Waals surface area (Å²) in [5.74, 6) is -1.37. The number of carbonyl (C=O) groups excluding carboxylic acids is 2. The van der Waals surface area contributed by atoms with E-state index in [9.17, 15) is 9.59 Å². The van der Waals surface area contributed by atoms with Gasteiger partial charge in [0.05, 0.1) is 0 Å². The molecule has 0 fully saturated rings. The molecule has 0 atom stereocenters. The molecule has 2 amide bonds. The lowest BCUT2D eigenvalue weighted by Crippen LogP contribution is -2.29. The van der Waals surface area contributed by atoms with Gasteiger partial charge < -0.3 is 10.6 Å². The molecular formula is C14H11Cl2N3O2. The molecule has 108 valence electrons. The van der Waals surface area contributed by atoms with Crippen LogP contribution in [0.1, 0.15) is 5.56 Å². The Balaban J connectivity index is 2.02. The number of anilines is 2. The number of aromatic nitrogens is 1. The topological polar surface area (TPSA) is 71.1 Å². The Morgan fingerprint density at radius 3 is 2.19 bits per heavy atom. The zero-order valence-corrected chi connectivity index (χ0v) is 12.5. The van der Waals surface area contributed by atoms with Crippen LogP contribution in [0.4, 0.5) is 11.5 Å². The number of amides is 2. The number of rotatable bonds is 2. The zero-order valence-electron chi connectivity index (χ0n) is 11.0. The Bertz CT molecular complexity index is 667. The van der Waals surface area contributed by atoms with Crippen molar-refractivity contribution >= 4 is 46.5 Å². The largest absolute Gasteiger partial charge is 0.318 e. The van der Waals surface area contributed by atoms with E-state index in [-0.39, 0.29) is 0 Å². The average Bonchev–Trinajstić information content (AvgIpc) is 2.40. The maximum Gasteiger partial charge on any atom is 0.315 e. The Morgan fingerprint density at radius 1 is 1.00 bits per heavy atom. The quantitative estimate of drug-likeness (QED) is 0.833. The van der Waals surface area contributed by atoms with E-state index in [1.807, 2.05) is 6.92 Å². The van der Waals surface area contributed by atoms with Crippen molar-refractivity contribution in [2.24, 2.45) is 0 Å². The van der Waals surface area contributed by atoms with Gasteiger partial charge in [-0.05, 0) is 36.8 Å². The number of halogens is 2. The number of hydrogen-bond donors (Lipinski definition) is 2. The van der Waals surface area contributed by atoms with Crippen LogP contribution in [0, 0.1) is 6.92 Å².